The molecule has 3 atom stereocenters. The van der Waals surface area contributed by atoms with Crippen LogP contribution in [0.25, 0.3) is 0 Å². The summed E-state index contributed by atoms with van der Waals surface area (Å²) in [5.74, 6) is 0.180. The number of hydrogen-bond donors (Lipinski definition) is 3. The molecule has 1 aromatic carbocycles. The zero-order valence-electron chi connectivity index (χ0n) is 17.9. The topological polar surface area (TPSA) is 109 Å². The lowest BCUT2D eigenvalue weighted by Gasteiger charge is -2.42. The third-order valence-electron chi connectivity index (χ3n) is 5.38. The maximum Gasteiger partial charge on any atom is 0.319 e. The average molecular weight is 418 g/mol. The molecule has 3 N–H and O–H groups in total. The summed E-state index contributed by atoms with van der Waals surface area (Å²) in [4.78, 5) is 38.5. The number of benzene rings is 1. The van der Waals surface area contributed by atoms with Gasteiger partial charge in [-0.3, -0.25) is 9.59 Å². The lowest BCUT2D eigenvalue weighted by Crippen LogP contribution is -2.53. The normalized spacial score (nSPS) is 23.4. The molecule has 3 rings (SSSR count). The number of nitrogens with one attached hydrogen (secondary N) is 3. The Morgan fingerprint density at radius 2 is 2.03 bits per heavy atom. The molecule has 164 valence electrons. The Kier molecular flexibility index (Phi) is 6.81. The summed E-state index contributed by atoms with van der Waals surface area (Å²) in [6.45, 7) is 4.02. The molecule has 2 aliphatic heterocycles. The minimum atomic E-state index is -0.333. The monoisotopic (exact) mass is 418 g/mol. The van der Waals surface area contributed by atoms with Crippen LogP contribution in [-0.4, -0.2) is 67.7 Å². The van der Waals surface area contributed by atoms with Gasteiger partial charge in [-0.2, -0.15) is 0 Å². The summed E-state index contributed by atoms with van der Waals surface area (Å²) in [7, 11) is 3.36. The minimum Gasteiger partial charge on any atom is -0.490 e. The van der Waals surface area contributed by atoms with Crippen LogP contribution < -0.4 is 20.7 Å². The number of rotatable bonds is 4. The van der Waals surface area contributed by atoms with E-state index in [9.17, 15) is 14.4 Å². The number of nitrogens with zero attached hydrogens (tertiary/aromatic N) is 1. The molecule has 0 unspecified atom stereocenters. The molecule has 1 saturated heterocycles. The van der Waals surface area contributed by atoms with Crippen molar-refractivity contribution < 1.29 is 23.9 Å². The van der Waals surface area contributed by atoms with Gasteiger partial charge in [0.05, 0.1) is 24.1 Å². The number of likely N-dealkylation sites (N-methyl/N-ethyl adjacent to an activating group) is 1. The minimum absolute atomic E-state index is 0.000834. The molecule has 9 nitrogen and oxygen atoms in total. The Bertz CT molecular complexity index is 813. The zero-order valence-corrected chi connectivity index (χ0v) is 17.9. The Morgan fingerprint density at radius 3 is 2.73 bits per heavy atom. The molecule has 2 heterocycles. The summed E-state index contributed by atoms with van der Waals surface area (Å²) in [5.41, 5.74) is 0.908. The lowest BCUT2D eigenvalue weighted by molar-refractivity contribution is -0.133. The smallest absolute Gasteiger partial charge is 0.319 e. The van der Waals surface area contributed by atoms with Crippen LogP contribution >= 0.6 is 0 Å². The maximum absolute atomic E-state index is 13.2. The van der Waals surface area contributed by atoms with Gasteiger partial charge in [-0.05, 0) is 44.9 Å². The Morgan fingerprint density at radius 1 is 1.27 bits per heavy atom. The van der Waals surface area contributed by atoms with E-state index in [-0.39, 0.29) is 48.7 Å². The second-order valence-electron chi connectivity index (χ2n) is 8.01. The third kappa shape index (κ3) is 5.02. The van der Waals surface area contributed by atoms with Crippen LogP contribution in [0.15, 0.2) is 18.2 Å². The van der Waals surface area contributed by atoms with Gasteiger partial charge in [-0.25, -0.2) is 4.79 Å². The summed E-state index contributed by atoms with van der Waals surface area (Å²) < 4.78 is 12.0. The van der Waals surface area contributed by atoms with Crippen molar-refractivity contribution in [2.24, 2.45) is 0 Å². The van der Waals surface area contributed by atoms with Gasteiger partial charge in [0.15, 0.2) is 0 Å². The number of urea groups is 1. The van der Waals surface area contributed by atoms with E-state index in [1.165, 1.54) is 0 Å². The summed E-state index contributed by atoms with van der Waals surface area (Å²) >= 11 is 0. The number of hydrogen-bond acceptors (Lipinski definition) is 5. The molecule has 1 aromatic rings. The van der Waals surface area contributed by atoms with Crippen LogP contribution in [-0.2, 0) is 9.53 Å². The first-order valence-corrected chi connectivity index (χ1v) is 10.3. The summed E-state index contributed by atoms with van der Waals surface area (Å²) in [5, 5.41) is 8.11. The van der Waals surface area contributed by atoms with Crippen LogP contribution in [0.4, 0.5) is 10.5 Å². The number of fused-ring (bicyclic) bond motifs is 2. The van der Waals surface area contributed by atoms with Crippen LogP contribution in [0, 0.1) is 0 Å². The van der Waals surface area contributed by atoms with E-state index < -0.39 is 0 Å². The van der Waals surface area contributed by atoms with E-state index in [1.807, 2.05) is 13.8 Å². The molecule has 0 spiro atoms. The SMILES string of the molecule is CNC(=O)C[C@H]1CC[C@H]2[C@@H](COc3ccc(NC(=O)NC(C)C)cc3C(=O)N2C)O1. The highest BCUT2D eigenvalue weighted by Gasteiger charge is 2.39. The number of amides is 4. The van der Waals surface area contributed by atoms with E-state index in [0.717, 1.165) is 6.42 Å². The van der Waals surface area contributed by atoms with Gasteiger partial charge in [0, 0.05) is 25.8 Å². The Labute approximate surface area is 176 Å². The summed E-state index contributed by atoms with van der Waals surface area (Å²) in [6, 6.07) is 4.53. The molecule has 0 aromatic heterocycles. The second-order valence-corrected chi connectivity index (χ2v) is 8.01. The van der Waals surface area contributed by atoms with Crippen molar-refractivity contribution >= 4 is 23.5 Å². The van der Waals surface area contributed by atoms with Crippen molar-refractivity contribution in [3.05, 3.63) is 23.8 Å². The fraction of sp³-hybridized carbons (Fsp3) is 0.571. The maximum atomic E-state index is 13.2. The van der Waals surface area contributed by atoms with Gasteiger partial charge >= 0.3 is 6.03 Å². The van der Waals surface area contributed by atoms with Crippen LogP contribution in [0.3, 0.4) is 0 Å². The molecule has 0 radical (unpaired) electrons. The highest BCUT2D eigenvalue weighted by atomic mass is 16.5. The van der Waals surface area contributed by atoms with E-state index in [4.69, 9.17) is 9.47 Å². The van der Waals surface area contributed by atoms with Gasteiger partial charge < -0.3 is 30.3 Å². The fourth-order valence-electron chi connectivity index (χ4n) is 3.84. The van der Waals surface area contributed by atoms with Gasteiger partial charge in [0.25, 0.3) is 5.91 Å². The second kappa shape index (κ2) is 9.34. The molecule has 2 aliphatic rings. The van der Waals surface area contributed by atoms with Crippen LogP contribution in [0.1, 0.15) is 43.5 Å². The zero-order chi connectivity index (χ0) is 21.8. The first kappa shape index (κ1) is 21.9. The van der Waals surface area contributed by atoms with Gasteiger partial charge in [-0.15, -0.1) is 0 Å². The molecule has 1 fully saturated rings. The first-order chi connectivity index (χ1) is 14.3. The van der Waals surface area contributed by atoms with Gasteiger partial charge in [0.2, 0.25) is 5.91 Å². The van der Waals surface area contributed by atoms with Crippen LogP contribution in [0.5, 0.6) is 5.75 Å². The first-order valence-electron chi connectivity index (χ1n) is 10.3. The number of anilines is 1. The highest BCUT2D eigenvalue weighted by Crippen LogP contribution is 2.32. The predicted molar refractivity (Wildman–Crippen MR) is 112 cm³/mol. The van der Waals surface area contributed by atoms with Crippen molar-refractivity contribution in [1.82, 2.24) is 15.5 Å². The Balaban J connectivity index is 1.76. The van der Waals surface area contributed by atoms with E-state index in [2.05, 4.69) is 16.0 Å². The van der Waals surface area contributed by atoms with Gasteiger partial charge in [0.1, 0.15) is 18.5 Å². The van der Waals surface area contributed by atoms with Crippen molar-refractivity contribution in [2.75, 3.05) is 26.0 Å². The van der Waals surface area contributed by atoms with Crippen molar-refractivity contribution in [3.8, 4) is 5.75 Å². The lowest BCUT2D eigenvalue weighted by atomic mass is 9.94. The Hall–Kier alpha value is -2.81. The van der Waals surface area contributed by atoms with Crippen molar-refractivity contribution in [1.29, 1.82) is 0 Å². The number of ether oxygens (including phenoxy) is 2. The van der Waals surface area contributed by atoms with E-state index >= 15 is 0 Å². The van der Waals surface area contributed by atoms with Gasteiger partial charge in [-0.1, -0.05) is 0 Å². The van der Waals surface area contributed by atoms with Crippen LogP contribution in [0.2, 0.25) is 0 Å². The molecule has 0 aliphatic carbocycles. The number of carbonyl (C=O) groups excluding carboxylic acids is 3. The third-order valence-corrected chi connectivity index (χ3v) is 5.38. The van der Waals surface area contributed by atoms with Crippen molar-refractivity contribution in [2.45, 2.75) is 57.4 Å². The molecular formula is C21H30N4O5. The molecular weight excluding hydrogens is 388 g/mol. The number of carbonyl (C=O) groups is 3. The highest BCUT2D eigenvalue weighted by molar-refractivity contribution is 5.99. The van der Waals surface area contributed by atoms with E-state index in [0.29, 0.717) is 29.8 Å². The predicted octanol–water partition coefficient (Wildman–Crippen LogP) is 1.73. The molecule has 9 heteroatoms. The molecule has 0 saturated carbocycles. The quantitative estimate of drug-likeness (QED) is 0.690. The molecule has 4 amide bonds. The average Bonchev–Trinajstić information content (AvgIpc) is 2.70. The fourth-order valence-corrected chi connectivity index (χ4v) is 3.84. The summed E-state index contributed by atoms with van der Waals surface area (Å²) in [6.07, 6.45) is 1.20. The largest absolute Gasteiger partial charge is 0.490 e. The van der Waals surface area contributed by atoms with E-state index in [1.54, 1.807) is 37.2 Å². The van der Waals surface area contributed by atoms with Crippen molar-refractivity contribution in [3.63, 3.8) is 0 Å². The molecule has 30 heavy (non-hydrogen) atoms. The molecule has 0 bridgehead atoms. The standard InChI is InChI=1S/C21H30N4O5/c1-12(2)23-21(28)24-13-5-8-17-15(9-13)20(27)25(4)16-7-6-14(10-19(26)22-3)30-18(16)11-29-17/h5,8-9,12,14,16,18H,6-7,10-11H2,1-4H3,(H,22,26)(H2,23,24,28)/t14-,16+,18-/m1/s1.